The molecule has 1 heterocycles. The Balaban J connectivity index is 1.72. The number of benzene rings is 1. The monoisotopic (exact) mass is 298 g/mol. The largest absolute Gasteiger partial charge is 0.459 e. The van der Waals surface area contributed by atoms with Gasteiger partial charge in [0.15, 0.2) is 5.76 Å². The number of carbonyl (C=O) groups excluding carboxylic acids is 2. The zero-order valence-corrected chi connectivity index (χ0v) is 12.4. The summed E-state index contributed by atoms with van der Waals surface area (Å²) in [5, 5.41) is 2.87. The summed E-state index contributed by atoms with van der Waals surface area (Å²) >= 11 is 0. The van der Waals surface area contributed by atoms with Gasteiger partial charge in [0.2, 0.25) is 5.91 Å². The summed E-state index contributed by atoms with van der Waals surface area (Å²) in [6, 6.07) is 11.6. The summed E-state index contributed by atoms with van der Waals surface area (Å²) in [6.07, 6.45) is 3.55. The Morgan fingerprint density at radius 2 is 1.95 bits per heavy atom. The number of nitrogens with one attached hydrogen (secondary N) is 1. The lowest BCUT2D eigenvalue weighted by molar-refractivity contribution is -0.121. The predicted molar refractivity (Wildman–Crippen MR) is 82.3 cm³/mol. The fourth-order valence-electron chi connectivity index (χ4n) is 2.28. The number of carbonyl (C=O) groups is 2. The van der Waals surface area contributed by atoms with Crippen LogP contribution < -0.4 is 5.32 Å². The molecule has 1 aliphatic carbocycles. The van der Waals surface area contributed by atoms with Crippen molar-refractivity contribution in [2.75, 3.05) is 13.6 Å². The van der Waals surface area contributed by atoms with E-state index < -0.39 is 0 Å². The Labute approximate surface area is 128 Å². The highest BCUT2D eigenvalue weighted by Crippen LogP contribution is 2.25. The zero-order valence-electron chi connectivity index (χ0n) is 12.4. The molecule has 1 saturated carbocycles. The summed E-state index contributed by atoms with van der Waals surface area (Å²) in [5.41, 5.74) is 1.65. The standard InChI is InChI=1S/C17H18N2O3/c1-19(11-15(20)18-13-7-8-13)17(21)16-14(9-10-22-16)12-5-3-2-4-6-12/h2-6,9-10,13H,7-8,11H2,1H3,(H,18,20). The van der Waals surface area contributed by atoms with Crippen LogP contribution in [0.5, 0.6) is 0 Å². The smallest absolute Gasteiger partial charge is 0.290 e. The van der Waals surface area contributed by atoms with Crippen LogP contribution in [0.25, 0.3) is 11.1 Å². The van der Waals surface area contributed by atoms with Crippen molar-refractivity contribution in [1.29, 1.82) is 0 Å². The van der Waals surface area contributed by atoms with Crippen LogP contribution in [0.3, 0.4) is 0 Å². The van der Waals surface area contributed by atoms with Crippen LogP contribution in [0, 0.1) is 0 Å². The molecule has 1 fully saturated rings. The van der Waals surface area contributed by atoms with E-state index in [1.807, 2.05) is 30.3 Å². The normalized spacial score (nSPS) is 13.7. The third-order valence-corrected chi connectivity index (χ3v) is 3.61. The maximum absolute atomic E-state index is 12.5. The van der Waals surface area contributed by atoms with Crippen molar-refractivity contribution in [3.05, 3.63) is 48.4 Å². The van der Waals surface area contributed by atoms with Gasteiger partial charge >= 0.3 is 0 Å². The van der Waals surface area contributed by atoms with Gasteiger partial charge in [-0.3, -0.25) is 9.59 Å². The first-order valence-electron chi connectivity index (χ1n) is 7.33. The minimum atomic E-state index is -0.296. The third kappa shape index (κ3) is 3.19. The second-order valence-electron chi connectivity index (χ2n) is 5.53. The second-order valence-corrected chi connectivity index (χ2v) is 5.53. The van der Waals surface area contributed by atoms with Crippen molar-refractivity contribution in [1.82, 2.24) is 10.2 Å². The molecule has 0 spiro atoms. The first kappa shape index (κ1) is 14.4. The molecule has 5 heteroatoms. The Hall–Kier alpha value is -2.56. The highest BCUT2D eigenvalue weighted by molar-refractivity contribution is 5.99. The van der Waals surface area contributed by atoms with Gasteiger partial charge in [0.25, 0.3) is 5.91 Å². The van der Waals surface area contributed by atoms with E-state index >= 15 is 0 Å². The maximum Gasteiger partial charge on any atom is 0.290 e. The summed E-state index contributed by atoms with van der Waals surface area (Å²) in [7, 11) is 1.60. The summed E-state index contributed by atoms with van der Waals surface area (Å²) in [4.78, 5) is 25.7. The maximum atomic E-state index is 12.5. The molecule has 2 amide bonds. The molecule has 1 N–H and O–H groups in total. The lowest BCUT2D eigenvalue weighted by Crippen LogP contribution is -2.39. The van der Waals surface area contributed by atoms with Crippen molar-refractivity contribution < 1.29 is 14.0 Å². The number of likely N-dealkylation sites (N-methyl/N-ethyl adjacent to an activating group) is 1. The SMILES string of the molecule is CN(CC(=O)NC1CC1)C(=O)c1occc1-c1ccccc1. The topological polar surface area (TPSA) is 62.6 Å². The highest BCUT2D eigenvalue weighted by atomic mass is 16.3. The van der Waals surface area contributed by atoms with Crippen LogP contribution in [0.2, 0.25) is 0 Å². The molecule has 114 valence electrons. The van der Waals surface area contributed by atoms with Crippen molar-refractivity contribution in [2.45, 2.75) is 18.9 Å². The number of hydrogen-bond acceptors (Lipinski definition) is 3. The zero-order chi connectivity index (χ0) is 15.5. The van der Waals surface area contributed by atoms with E-state index in [2.05, 4.69) is 5.32 Å². The fourth-order valence-corrected chi connectivity index (χ4v) is 2.28. The van der Waals surface area contributed by atoms with Crippen molar-refractivity contribution in [3.8, 4) is 11.1 Å². The quantitative estimate of drug-likeness (QED) is 0.921. The fraction of sp³-hybridized carbons (Fsp3) is 0.294. The van der Waals surface area contributed by atoms with Crippen LogP contribution in [0.15, 0.2) is 47.1 Å². The molecule has 22 heavy (non-hydrogen) atoms. The van der Waals surface area contributed by atoms with Gasteiger partial charge in [-0.2, -0.15) is 0 Å². The van der Waals surface area contributed by atoms with E-state index in [1.54, 1.807) is 13.1 Å². The van der Waals surface area contributed by atoms with Crippen LogP contribution >= 0.6 is 0 Å². The lowest BCUT2D eigenvalue weighted by Gasteiger charge is -2.16. The predicted octanol–water partition coefficient (Wildman–Crippen LogP) is 2.30. The van der Waals surface area contributed by atoms with Crippen LogP contribution in [-0.2, 0) is 4.79 Å². The summed E-state index contributed by atoms with van der Waals surface area (Å²) in [5.74, 6) is -0.172. The first-order valence-corrected chi connectivity index (χ1v) is 7.33. The summed E-state index contributed by atoms with van der Waals surface area (Å²) in [6.45, 7) is 0.0320. The van der Waals surface area contributed by atoms with Gasteiger partial charge < -0.3 is 14.6 Å². The molecule has 5 nitrogen and oxygen atoms in total. The Bertz CT molecular complexity index is 674. The molecule has 0 atom stereocenters. The molecular formula is C17H18N2O3. The second kappa shape index (κ2) is 6.05. The Morgan fingerprint density at radius 3 is 2.64 bits per heavy atom. The number of amides is 2. The molecule has 1 aromatic carbocycles. The highest BCUT2D eigenvalue weighted by Gasteiger charge is 2.26. The van der Waals surface area contributed by atoms with Gasteiger partial charge in [0.1, 0.15) is 0 Å². The molecular weight excluding hydrogens is 280 g/mol. The van der Waals surface area contributed by atoms with Gasteiger partial charge in [-0.15, -0.1) is 0 Å². The molecule has 0 bridgehead atoms. The average molecular weight is 298 g/mol. The molecule has 1 aliphatic rings. The van der Waals surface area contributed by atoms with E-state index in [0.29, 0.717) is 6.04 Å². The third-order valence-electron chi connectivity index (χ3n) is 3.61. The van der Waals surface area contributed by atoms with E-state index in [9.17, 15) is 9.59 Å². The molecule has 0 radical (unpaired) electrons. The molecule has 0 aliphatic heterocycles. The van der Waals surface area contributed by atoms with Crippen LogP contribution in [0.4, 0.5) is 0 Å². The molecule has 0 saturated heterocycles. The molecule has 2 aromatic rings. The van der Waals surface area contributed by atoms with Crippen LogP contribution in [-0.4, -0.2) is 36.3 Å². The van der Waals surface area contributed by atoms with Gasteiger partial charge in [0.05, 0.1) is 12.8 Å². The first-order chi connectivity index (χ1) is 10.6. The van der Waals surface area contributed by atoms with Crippen molar-refractivity contribution >= 4 is 11.8 Å². The van der Waals surface area contributed by atoms with E-state index in [1.165, 1.54) is 11.2 Å². The number of nitrogens with zero attached hydrogens (tertiary/aromatic N) is 1. The Morgan fingerprint density at radius 1 is 1.23 bits per heavy atom. The van der Waals surface area contributed by atoms with Gasteiger partial charge in [-0.25, -0.2) is 0 Å². The molecule has 1 aromatic heterocycles. The van der Waals surface area contributed by atoms with Crippen molar-refractivity contribution in [2.24, 2.45) is 0 Å². The number of rotatable bonds is 5. The van der Waals surface area contributed by atoms with E-state index in [0.717, 1.165) is 24.0 Å². The summed E-state index contributed by atoms with van der Waals surface area (Å²) < 4.78 is 5.35. The van der Waals surface area contributed by atoms with Crippen LogP contribution in [0.1, 0.15) is 23.4 Å². The van der Waals surface area contributed by atoms with Gasteiger partial charge in [-0.05, 0) is 24.5 Å². The minimum absolute atomic E-state index is 0.0320. The number of hydrogen-bond donors (Lipinski definition) is 1. The van der Waals surface area contributed by atoms with E-state index in [-0.39, 0.29) is 24.1 Å². The number of furan rings is 1. The van der Waals surface area contributed by atoms with Crippen molar-refractivity contribution in [3.63, 3.8) is 0 Å². The molecule has 3 rings (SSSR count). The average Bonchev–Trinajstić information content (AvgIpc) is 3.19. The van der Waals surface area contributed by atoms with Gasteiger partial charge in [-0.1, -0.05) is 30.3 Å². The van der Waals surface area contributed by atoms with Gasteiger partial charge in [0, 0.05) is 18.7 Å². The molecule has 0 unspecified atom stereocenters. The minimum Gasteiger partial charge on any atom is -0.459 e. The lowest BCUT2D eigenvalue weighted by atomic mass is 10.1. The van der Waals surface area contributed by atoms with E-state index in [4.69, 9.17) is 4.42 Å². The Kier molecular flexibility index (Phi) is 3.96.